The van der Waals surface area contributed by atoms with Gasteiger partial charge >= 0.3 is 0 Å². The van der Waals surface area contributed by atoms with E-state index in [0.717, 1.165) is 38.2 Å². The third-order valence-electron chi connectivity index (χ3n) is 7.77. The van der Waals surface area contributed by atoms with E-state index in [1.165, 1.54) is 29.2 Å². The maximum atomic E-state index is 12.7. The number of benzene rings is 5. The first-order chi connectivity index (χ1) is 17.3. The standard InChI is InChI=1S/C34H28O2/c1-20(35)31(21(2)36)33-27-14-7-5-12-25(27)32(26-13-6-8-15-28(26)33)22-17-18-24-23-11-9-10-16-29(23)34(3,4)30(24)19-22/h5-19,35H,1-4H3. The quantitative estimate of drug-likeness (QED) is 0.163. The molecule has 0 amide bonds. The molecule has 0 atom stereocenters. The Hall–Kier alpha value is -4.17. The Balaban J connectivity index is 1.72. The van der Waals surface area contributed by atoms with Gasteiger partial charge < -0.3 is 5.11 Å². The molecule has 1 aliphatic rings. The Labute approximate surface area is 211 Å². The van der Waals surface area contributed by atoms with Crippen LogP contribution in [0.1, 0.15) is 44.4 Å². The van der Waals surface area contributed by atoms with Crippen molar-refractivity contribution in [2.24, 2.45) is 0 Å². The zero-order valence-electron chi connectivity index (χ0n) is 21.0. The molecule has 0 spiro atoms. The summed E-state index contributed by atoms with van der Waals surface area (Å²) in [6, 6.07) is 32.0. The Morgan fingerprint density at radius 1 is 0.667 bits per heavy atom. The maximum Gasteiger partial charge on any atom is 0.163 e. The monoisotopic (exact) mass is 468 g/mol. The Bertz CT molecular complexity index is 1690. The summed E-state index contributed by atoms with van der Waals surface area (Å²) in [5, 5.41) is 14.6. The number of allylic oxidation sites excluding steroid dienone is 2. The number of aliphatic hydroxyl groups is 1. The summed E-state index contributed by atoms with van der Waals surface area (Å²) >= 11 is 0. The van der Waals surface area contributed by atoms with E-state index in [0.29, 0.717) is 5.57 Å². The maximum absolute atomic E-state index is 12.7. The summed E-state index contributed by atoms with van der Waals surface area (Å²) in [4.78, 5) is 12.7. The Morgan fingerprint density at radius 3 is 1.78 bits per heavy atom. The van der Waals surface area contributed by atoms with Crippen LogP contribution in [0, 0.1) is 0 Å². The Morgan fingerprint density at radius 2 is 1.19 bits per heavy atom. The molecule has 0 heterocycles. The van der Waals surface area contributed by atoms with Crippen molar-refractivity contribution >= 4 is 32.9 Å². The second-order valence-electron chi connectivity index (χ2n) is 10.3. The number of ketones is 1. The molecule has 176 valence electrons. The molecule has 0 saturated carbocycles. The van der Waals surface area contributed by atoms with Crippen molar-refractivity contribution in [1.82, 2.24) is 0 Å². The van der Waals surface area contributed by atoms with Gasteiger partial charge in [0, 0.05) is 11.0 Å². The van der Waals surface area contributed by atoms with Gasteiger partial charge in [-0.25, -0.2) is 0 Å². The van der Waals surface area contributed by atoms with Crippen molar-refractivity contribution in [3.8, 4) is 22.3 Å². The van der Waals surface area contributed by atoms with Crippen LogP contribution in [-0.2, 0) is 10.2 Å². The van der Waals surface area contributed by atoms with E-state index in [4.69, 9.17) is 0 Å². The lowest BCUT2D eigenvalue weighted by molar-refractivity contribution is -0.111. The van der Waals surface area contributed by atoms with Crippen LogP contribution in [0.4, 0.5) is 0 Å². The second-order valence-corrected chi connectivity index (χ2v) is 10.3. The fraction of sp³-hybridized carbons (Fsp3) is 0.147. The molecule has 0 aromatic heterocycles. The van der Waals surface area contributed by atoms with Crippen LogP contribution in [0.2, 0.25) is 0 Å². The molecule has 0 aliphatic heterocycles. The molecule has 6 rings (SSSR count). The van der Waals surface area contributed by atoms with E-state index in [-0.39, 0.29) is 17.0 Å². The minimum Gasteiger partial charge on any atom is -0.512 e. The van der Waals surface area contributed by atoms with E-state index in [1.54, 1.807) is 6.92 Å². The van der Waals surface area contributed by atoms with Gasteiger partial charge in [0.25, 0.3) is 0 Å². The van der Waals surface area contributed by atoms with Crippen LogP contribution in [0.25, 0.3) is 49.4 Å². The van der Waals surface area contributed by atoms with Gasteiger partial charge in [0.2, 0.25) is 0 Å². The van der Waals surface area contributed by atoms with Gasteiger partial charge in [-0.1, -0.05) is 98.8 Å². The second kappa shape index (κ2) is 7.93. The summed E-state index contributed by atoms with van der Waals surface area (Å²) < 4.78 is 0. The predicted molar refractivity (Wildman–Crippen MR) is 150 cm³/mol. The first-order valence-electron chi connectivity index (χ1n) is 12.4. The topological polar surface area (TPSA) is 37.3 Å². The predicted octanol–water partition coefficient (Wildman–Crippen LogP) is 8.84. The highest BCUT2D eigenvalue weighted by Gasteiger charge is 2.35. The van der Waals surface area contributed by atoms with Crippen molar-refractivity contribution in [2.45, 2.75) is 33.1 Å². The van der Waals surface area contributed by atoms with Crippen LogP contribution >= 0.6 is 0 Å². The molecule has 0 fully saturated rings. The van der Waals surface area contributed by atoms with Crippen molar-refractivity contribution < 1.29 is 9.90 Å². The number of aliphatic hydroxyl groups excluding tert-OH is 1. The highest BCUT2D eigenvalue weighted by molar-refractivity contribution is 6.30. The Kier molecular flexibility index (Phi) is 4.91. The van der Waals surface area contributed by atoms with Gasteiger partial charge in [0.1, 0.15) is 5.76 Å². The molecule has 0 unspecified atom stereocenters. The average Bonchev–Trinajstić information content (AvgIpc) is 3.10. The summed E-state index contributed by atoms with van der Waals surface area (Å²) in [6.45, 7) is 7.71. The van der Waals surface area contributed by atoms with Crippen LogP contribution in [0.3, 0.4) is 0 Å². The largest absolute Gasteiger partial charge is 0.512 e. The summed E-state index contributed by atoms with van der Waals surface area (Å²) in [7, 11) is 0. The zero-order chi connectivity index (χ0) is 25.2. The van der Waals surface area contributed by atoms with Gasteiger partial charge in [-0.2, -0.15) is 0 Å². The lowest BCUT2D eigenvalue weighted by Gasteiger charge is -2.23. The normalized spacial score (nSPS) is 14.4. The number of rotatable bonds is 3. The highest BCUT2D eigenvalue weighted by atomic mass is 16.3. The van der Waals surface area contributed by atoms with E-state index >= 15 is 0 Å². The van der Waals surface area contributed by atoms with E-state index in [2.05, 4.69) is 80.6 Å². The minimum atomic E-state index is -0.143. The van der Waals surface area contributed by atoms with Gasteiger partial charge in [-0.15, -0.1) is 0 Å². The molecule has 2 nitrogen and oxygen atoms in total. The molecule has 1 N–H and O–H groups in total. The molecule has 0 bridgehead atoms. The number of carbonyl (C=O) groups excluding carboxylic acids is 1. The lowest BCUT2D eigenvalue weighted by Crippen LogP contribution is -2.14. The molecule has 5 aromatic carbocycles. The molecule has 0 radical (unpaired) electrons. The molecule has 36 heavy (non-hydrogen) atoms. The number of Topliss-reactive ketones (excluding diaryl/α,β-unsaturated/α-hetero) is 1. The van der Waals surface area contributed by atoms with Gasteiger partial charge in [0.15, 0.2) is 5.78 Å². The third kappa shape index (κ3) is 3.07. The third-order valence-corrected chi connectivity index (χ3v) is 7.77. The number of fused-ring (bicyclic) bond motifs is 5. The fourth-order valence-electron chi connectivity index (χ4n) is 6.18. The average molecular weight is 469 g/mol. The first kappa shape index (κ1) is 22.3. The zero-order valence-corrected chi connectivity index (χ0v) is 21.0. The molecular formula is C34H28O2. The summed E-state index contributed by atoms with van der Waals surface area (Å²) in [5.74, 6) is -0.0994. The number of hydrogen-bond acceptors (Lipinski definition) is 2. The lowest BCUT2D eigenvalue weighted by atomic mass is 9.80. The van der Waals surface area contributed by atoms with E-state index < -0.39 is 0 Å². The van der Waals surface area contributed by atoms with Crippen molar-refractivity contribution in [3.63, 3.8) is 0 Å². The minimum absolute atomic E-state index is 0.0441. The summed E-state index contributed by atoms with van der Waals surface area (Å²) in [5.41, 5.74) is 8.68. The van der Waals surface area contributed by atoms with E-state index in [9.17, 15) is 9.90 Å². The highest BCUT2D eigenvalue weighted by Crippen LogP contribution is 2.51. The first-order valence-corrected chi connectivity index (χ1v) is 12.4. The van der Waals surface area contributed by atoms with Crippen molar-refractivity contribution in [3.05, 3.63) is 113 Å². The van der Waals surface area contributed by atoms with Crippen molar-refractivity contribution in [1.29, 1.82) is 0 Å². The molecule has 2 heteroatoms. The molecule has 1 aliphatic carbocycles. The fourth-order valence-corrected chi connectivity index (χ4v) is 6.18. The van der Waals surface area contributed by atoms with Crippen molar-refractivity contribution in [2.75, 3.05) is 0 Å². The molecule has 0 saturated heterocycles. The van der Waals surface area contributed by atoms with E-state index in [1.807, 2.05) is 24.3 Å². The summed E-state index contributed by atoms with van der Waals surface area (Å²) in [6.07, 6.45) is 0. The number of carbonyl (C=O) groups is 1. The van der Waals surface area contributed by atoms with Gasteiger partial charge in [-0.3, -0.25) is 4.79 Å². The van der Waals surface area contributed by atoms with Crippen LogP contribution < -0.4 is 0 Å². The van der Waals surface area contributed by atoms with Crippen LogP contribution in [-0.4, -0.2) is 10.9 Å². The van der Waals surface area contributed by atoms with Crippen LogP contribution in [0.15, 0.2) is 96.8 Å². The smallest absolute Gasteiger partial charge is 0.163 e. The SMILES string of the molecule is CC(=O)C(=C(C)O)c1c2ccccc2c(-c2ccc3c(c2)C(C)(C)c2ccccc2-3)c2ccccc12. The van der Waals surface area contributed by atoms with Gasteiger partial charge in [0.05, 0.1) is 5.57 Å². The van der Waals surface area contributed by atoms with Gasteiger partial charge in [-0.05, 0) is 74.8 Å². The number of hydrogen-bond donors (Lipinski definition) is 1. The molecular weight excluding hydrogens is 440 g/mol. The van der Waals surface area contributed by atoms with Crippen LogP contribution in [0.5, 0.6) is 0 Å². The molecule has 5 aromatic rings.